The van der Waals surface area contributed by atoms with Gasteiger partial charge < -0.3 is 10.8 Å². The van der Waals surface area contributed by atoms with E-state index in [4.69, 9.17) is 10.8 Å². The predicted molar refractivity (Wildman–Crippen MR) is 61.2 cm³/mol. The maximum atomic E-state index is 10.8. The van der Waals surface area contributed by atoms with Crippen LogP contribution in [0.25, 0.3) is 0 Å². The van der Waals surface area contributed by atoms with Gasteiger partial charge >= 0.3 is 5.97 Å². The third-order valence-corrected chi connectivity index (χ3v) is 2.66. The van der Waals surface area contributed by atoms with Crippen LogP contribution in [0.5, 0.6) is 0 Å². The molecule has 3 heteroatoms. The maximum Gasteiger partial charge on any atom is 0.337 e. The first kappa shape index (κ1) is 11.6. The van der Waals surface area contributed by atoms with E-state index in [9.17, 15) is 4.79 Å². The molecule has 0 aliphatic heterocycles. The molecule has 0 aliphatic carbocycles. The van der Waals surface area contributed by atoms with E-state index in [1.807, 2.05) is 13.0 Å². The van der Waals surface area contributed by atoms with Crippen LogP contribution in [0.1, 0.15) is 41.3 Å². The number of rotatable bonds is 4. The second-order valence-electron chi connectivity index (χ2n) is 3.72. The molecule has 0 unspecified atom stereocenters. The lowest BCUT2D eigenvalue weighted by atomic mass is 9.98. The van der Waals surface area contributed by atoms with Crippen LogP contribution in [0, 0.1) is 6.92 Å². The fourth-order valence-corrected chi connectivity index (χ4v) is 1.60. The average Bonchev–Trinajstić information content (AvgIpc) is 2.20. The zero-order valence-electron chi connectivity index (χ0n) is 9.21. The van der Waals surface area contributed by atoms with Gasteiger partial charge in [-0.15, -0.1) is 0 Å². The average molecular weight is 207 g/mol. The Hall–Kier alpha value is -1.51. The number of carboxylic acid groups (broad SMARTS) is 1. The first-order valence-corrected chi connectivity index (χ1v) is 5.19. The van der Waals surface area contributed by atoms with Gasteiger partial charge in [-0.3, -0.25) is 0 Å². The summed E-state index contributed by atoms with van der Waals surface area (Å²) in [6.07, 6.45) is 3.19. The standard InChI is InChI=1S/C12H17NO2/c1-3-4-5-9-6-7-10(12(14)15)11(13)8(9)2/h6-7H,3-5,13H2,1-2H3,(H,14,15). The minimum atomic E-state index is -0.961. The van der Waals surface area contributed by atoms with Crippen molar-refractivity contribution >= 4 is 11.7 Å². The molecule has 0 aliphatic rings. The van der Waals surface area contributed by atoms with E-state index in [1.165, 1.54) is 0 Å². The molecule has 0 amide bonds. The first-order valence-electron chi connectivity index (χ1n) is 5.19. The number of nitrogens with two attached hydrogens (primary N) is 1. The highest BCUT2D eigenvalue weighted by atomic mass is 16.4. The normalized spacial score (nSPS) is 10.3. The van der Waals surface area contributed by atoms with E-state index in [-0.39, 0.29) is 5.56 Å². The number of carboxylic acids is 1. The Kier molecular flexibility index (Phi) is 3.72. The van der Waals surface area contributed by atoms with Crippen molar-refractivity contribution in [3.63, 3.8) is 0 Å². The predicted octanol–water partition coefficient (Wildman–Crippen LogP) is 2.62. The minimum absolute atomic E-state index is 0.202. The van der Waals surface area contributed by atoms with Crippen LogP contribution < -0.4 is 5.73 Å². The number of aryl methyl sites for hydroxylation is 1. The molecule has 0 atom stereocenters. The van der Waals surface area contributed by atoms with Crippen LogP contribution in [0.2, 0.25) is 0 Å². The summed E-state index contributed by atoms with van der Waals surface area (Å²) >= 11 is 0. The highest BCUT2D eigenvalue weighted by molar-refractivity contribution is 5.94. The minimum Gasteiger partial charge on any atom is -0.478 e. The molecule has 0 bridgehead atoms. The number of unbranched alkanes of at least 4 members (excludes halogenated alkanes) is 1. The molecular weight excluding hydrogens is 190 g/mol. The van der Waals surface area contributed by atoms with Gasteiger partial charge in [-0.05, 0) is 37.0 Å². The molecule has 0 saturated heterocycles. The second-order valence-corrected chi connectivity index (χ2v) is 3.72. The molecule has 0 radical (unpaired) electrons. The van der Waals surface area contributed by atoms with E-state index in [0.717, 1.165) is 30.4 Å². The molecule has 0 fully saturated rings. The summed E-state index contributed by atoms with van der Waals surface area (Å²) < 4.78 is 0. The van der Waals surface area contributed by atoms with Gasteiger partial charge in [0.05, 0.1) is 5.56 Å². The van der Waals surface area contributed by atoms with Crippen molar-refractivity contribution in [3.05, 3.63) is 28.8 Å². The second kappa shape index (κ2) is 4.82. The number of hydrogen-bond donors (Lipinski definition) is 2. The lowest BCUT2D eigenvalue weighted by Gasteiger charge is -2.10. The Labute approximate surface area is 89.9 Å². The molecule has 3 nitrogen and oxygen atoms in total. The highest BCUT2D eigenvalue weighted by Crippen LogP contribution is 2.22. The molecule has 1 rings (SSSR count). The fraction of sp³-hybridized carbons (Fsp3) is 0.417. The highest BCUT2D eigenvalue weighted by Gasteiger charge is 2.11. The molecule has 15 heavy (non-hydrogen) atoms. The van der Waals surface area contributed by atoms with Crippen molar-refractivity contribution < 1.29 is 9.90 Å². The fourth-order valence-electron chi connectivity index (χ4n) is 1.60. The monoisotopic (exact) mass is 207 g/mol. The molecule has 0 saturated carbocycles. The Morgan fingerprint density at radius 1 is 1.47 bits per heavy atom. The number of aromatic carboxylic acids is 1. The van der Waals surface area contributed by atoms with Crippen LogP contribution >= 0.6 is 0 Å². The molecule has 0 spiro atoms. The van der Waals surface area contributed by atoms with Crippen LogP contribution in [-0.4, -0.2) is 11.1 Å². The van der Waals surface area contributed by atoms with E-state index in [0.29, 0.717) is 5.69 Å². The van der Waals surface area contributed by atoms with Gasteiger partial charge in [0, 0.05) is 5.69 Å². The van der Waals surface area contributed by atoms with E-state index < -0.39 is 5.97 Å². The number of benzene rings is 1. The van der Waals surface area contributed by atoms with E-state index >= 15 is 0 Å². The molecule has 1 aromatic rings. The molecule has 0 heterocycles. The van der Waals surface area contributed by atoms with Crippen molar-refractivity contribution in [2.45, 2.75) is 33.1 Å². The van der Waals surface area contributed by atoms with E-state index in [2.05, 4.69) is 6.92 Å². The van der Waals surface area contributed by atoms with Gasteiger partial charge in [0.15, 0.2) is 0 Å². The molecule has 1 aromatic carbocycles. The summed E-state index contributed by atoms with van der Waals surface area (Å²) in [5.41, 5.74) is 8.43. The molecular formula is C12H17NO2. The van der Waals surface area contributed by atoms with E-state index in [1.54, 1.807) is 6.07 Å². The van der Waals surface area contributed by atoms with Gasteiger partial charge in [-0.2, -0.15) is 0 Å². The Morgan fingerprint density at radius 2 is 2.13 bits per heavy atom. The molecule has 0 aromatic heterocycles. The summed E-state index contributed by atoms with van der Waals surface area (Å²) in [6.45, 7) is 4.01. The zero-order chi connectivity index (χ0) is 11.4. The Bertz CT molecular complexity index is 372. The largest absolute Gasteiger partial charge is 0.478 e. The topological polar surface area (TPSA) is 63.3 Å². The maximum absolute atomic E-state index is 10.8. The van der Waals surface area contributed by atoms with Crippen molar-refractivity contribution in [2.24, 2.45) is 0 Å². The van der Waals surface area contributed by atoms with Gasteiger partial charge in [0.1, 0.15) is 0 Å². The van der Waals surface area contributed by atoms with Crippen molar-refractivity contribution in [1.82, 2.24) is 0 Å². The Balaban J connectivity index is 3.04. The SMILES string of the molecule is CCCCc1ccc(C(=O)O)c(N)c1C. The zero-order valence-corrected chi connectivity index (χ0v) is 9.21. The molecule has 82 valence electrons. The lowest BCUT2D eigenvalue weighted by Crippen LogP contribution is -2.06. The summed E-state index contributed by atoms with van der Waals surface area (Å²) in [6, 6.07) is 3.46. The number of carbonyl (C=O) groups is 1. The summed E-state index contributed by atoms with van der Waals surface area (Å²) in [5, 5.41) is 8.88. The number of hydrogen-bond acceptors (Lipinski definition) is 2. The smallest absolute Gasteiger partial charge is 0.337 e. The van der Waals surface area contributed by atoms with Crippen LogP contribution in [0.15, 0.2) is 12.1 Å². The lowest BCUT2D eigenvalue weighted by molar-refractivity contribution is 0.0698. The molecule has 3 N–H and O–H groups in total. The Morgan fingerprint density at radius 3 is 2.67 bits per heavy atom. The van der Waals surface area contributed by atoms with Crippen molar-refractivity contribution in [1.29, 1.82) is 0 Å². The van der Waals surface area contributed by atoms with Crippen LogP contribution in [0.3, 0.4) is 0 Å². The summed E-state index contributed by atoms with van der Waals surface area (Å²) in [4.78, 5) is 10.8. The number of nitrogen functional groups attached to an aromatic ring is 1. The third-order valence-electron chi connectivity index (χ3n) is 2.66. The summed E-state index contributed by atoms with van der Waals surface area (Å²) in [5.74, 6) is -0.961. The van der Waals surface area contributed by atoms with Gasteiger partial charge in [-0.1, -0.05) is 19.4 Å². The van der Waals surface area contributed by atoms with Gasteiger partial charge in [0.2, 0.25) is 0 Å². The van der Waals surface area contributed by atoms with Crippen LogP contribution in [-0.2, 0) is 6.42 Å². The first-order chi connectivity index (χ1) is 7.07. The number of anilines is 1. The van der Waals surface area contributed by atoms with Gasteiger partial charge in [0.25, 0.3) is 0 Å². The van der Waals surface area contributed by atoms with Crippen molar-refractivity contribution in [2.75, 3.05) is 5.73 Å². The van der Waals surface area contributed by atoms with Crippen LogP contribution in [0.4, 0.5) is 5.69 Å². The van der Waals surface area contributed by atoms with Crippen molar-refractivity contribution in [3.8, 4) is 0 Å². The third kappa shape index (κ3) is 2.49. The summed E-state index contributed by atoms with van der Waals surface area (Å²) in [7, 11) is 0. The quantitative estimate of drug-likeness (QED) is 0.746. The van der Waals surface area contributed by atoms with Gasteiger partial charge in [-0.25, -0.2) is 4.79 Å².